The van der Waals surface area contributed by atoms with E-state index in [9.17, 15) is 4.79 Å². The first kappa shape index (κ1) is 11.1. The third kappa shape index (κ3) is 1.82. The number of aryl methyl sites for hydroxylation is 1. The van der Waals surface area contributed by atoms with Gasteiger partial charge in [0.2, 0.25) is 0 Å². The lowest BCUT2D eigenvalue weighted by atomic mass is 10.1. The van der Waals surface area contributed by atoms with Gasteiger partial charge < -0.3 is 15.2 Å². The molecular weight excluding hydrogens is 206 g/mol. The molecule has 1 aromatic heterocycles. The zero-order valence-corrected chi connectivity index (χ0v) is 9.64. The Labute approximate surface area is 94.6 Å². The van der Waals surface area contributed by atoms with Crippen molar-refractivity contribution < 1.29 is 9.32 Å². The average molecular weight is 223 g/mol. The van der Waals surface area contributed by atoms with Crippen molar-refractivity contribution in [2.45, 2.75) is 26.3 Å². The maximum atomic E-state index is 12.2. The van der Waals surface area contributed by atoms with Gasteiger partial charge >= 0.3 is 0 Å². The number of aromatic nitrogens is 1. The lowest BCUT2D eigenvalue weighted by Gasteiger charge is -2.20. The van der Waals surface area contributed by atoms with Gasteiger partial charge in [-0.2, -0.15) is 0 Å². The Bertz CT molecular complexity index is 388. The number of hydrogen-bond donors (Lipinski definition) is 1. The van der Waals surface area contributed by atoms with Crippen molar-refractivity contribution in [1.29, 1.82) is 0 Å². The molecule has 0 aliphatic carbocycles. The quantitative estimate of drug-likeness (QED) is 0.804. The topological polar surface area (TPSA) is 72.4 Å². The van der Waals surface area contributed by atoms with Crippen LogP contribution in [0.3, 0.4) is 0 Å². The van der Waals surface area contributed by atoms with E-state index in [4.69, 9.17) is 10.3 Å². The number of nitrogens with zero attached hydrogens (tertiary/aromatic N) is 2. The second kappa shape index (κ2) is 4.25. The van der Waals surface area contributed by atoms with Crippen LogP contribution in [0.25, 0.3) is 0 Å². The predicted molar refractivity (Wildman–Crippen MR) is 58.9 cm³/mol. The molecule has 2 unspecified atom stereocenters. The Balaban J connectivity index is 2.14. The van der Waals surface area contributed by atoms with E-state index in [1.165, 1.54) is 6.20 Å². The molecule has 1 fully saturated rings. The monoisotopic (exact) mass is 223 g/mol. The van der Waals surface area contributed by atoms with Crippen LogP contribution in [0.1, 0.15) is 29.5 Å². The Hall–Kier alpha value is -1.36. The van der Waals surface area contributed by atoms with Crippen LogP contribution in [0.15, 0.2) is 10.7 Å². The molecule has 1 aliphatic rings. The van der Waals surface area contributed by atoms with Gasteiger partial charge in [-0.05, 0) is 32.7 Å². The molecule has 0 bridgehead atoms. The van der Waals surface area contributed by atoms with Gasteiger partial charge in [-0.1, -0.05) is 5.16 Å². The Morgan fingerprint density at radius 3 is 3.00 bits per heavy atom. The van der Waals surface area contributed by atoms with E-state index >= 15 is 0 Å². The fourth-order valence-corrected chi connectivity index (χ4v) is 2.25. The molecule has 1 amide bonds. The van der Waals surface area contributed by atoms with Gasteiger partial charge in [-0.25, -0.2) is 0 Å². The molecule has 1 aliphatic heterocycles. The van der Waals surface area contributed by atoms with Gasteiger partial charge in [-0.15, -0.1) is 0 Å². The normalized spacial score (nSPS) is 25.1. The molecular formula is C11H17N3O2. The Morgan fingerprint density at radius 1 is 1.75 bits per heavy atom. The minimum absolute atomic E-state index is 0.00204. The van der Waals surface area contributed by atoms with Crippen molar-refractivity contribution >= 4 is 5.91 Å². The molecule has 16 heavy (non-hydrogen) atoms. The highest BCUT2D eigenvalue weighted by Gasteiger charge is 2.33. The number of carbonyl (C=O) groups is 1. The number of nitrogens with two attached hydrogens (primary N) is 1. The fraction of sp³-hybridized carbons (Fsp3) is 0.636. The summed E-state index contributed by atoms with van der Waals surface area (Å²) in [7, 11) is 0. The molecule has 0 aromatic carbocycles. The minimum Gasteiger partial charge on any atom is -0.361 e. The Kier molecular flexibility index (Phi) is 2.96. The van der Waals surface area contributed by atoms with Crippen molar-refractivity contribution in [1.82, 2.24) is 10.1 Å². The number of likely N-dealkylation sites (tertiary alicyclic amines) is 1. The van der Waals surface area contributed by atoms with Crippen LogP contribution < -0.4 is 5.73 Å². The molecule has 0 saturated carbocycles. The molecule has 2 rings (SSSR count). The van der Waals surface area contributed by atoms with E-state index in [-0.39, 0.29) is 11.9 Å². The summed E-state index contributed by atoms with van der Waals surface area (Å²) < 4.78 is 4.91. The van der Waals surface area contributed by atoms with Crippen LogP contribution in [0, 0.1) is 12.8 Å². The molecule has 2 heterocycles. The highest BCUT2D eigenvalue weighted by atomic mass is 16.5. The highest BCUT2D eigenvalue weighted by Crippen LogP contribution is 2.24. The summed E-state index contributed by atoms with van der Waals surface area (Å²) in [6.07, 6.45) is 2.47. The number of amides is 1. The lowest BCUT2D eigenvalue weighted by Crippen LogP contribution is -2.34. The van der Waals surface area contributed by atoms with E-state index in [2.05, 4.69) is 12.1 Å². The first-order valence-corrected chi connectivity index (χ1v) is 5.55. The second-order valence-electron chi connectivity index (χ2n) is 4.44. The number of hydrogen-bond acceptors (Lipinski definition) is 4. The maximum absolute atomic E-state index is 12.2. The van der Waals surface area contributed by atoms with Crippen molar-refractivity contribution in [3.63, 3.8) is 0 Å². The van der Waals surface area contributed by atoms with Crippen LogP contribution in [-0.4, -0.2) is 35.1 Å². The molecule has 1 saturated heterocycles. The molecule has 0 radical (unpaired) electrons. The lowest BCUT2D eigenvalue weighted by molar-refractivity contribution is 0.0741. The van der Waals surface area contributed by atoms with Crippen molar-refractivity contribution in [3.8, 4) is 0 Å². The summed E-state index contributed by atoms with van der Waals surface area (Å²) in [5, 5.41) is 3.63. The third-order valence-electron chi connectivity index (χ3n) is 3.24. The van der Waals surface area contributed by atoms with Crippen LogP contribution in [0.5, 0.6) is 0 Å². The van der Waals surface area contributed by atoms with Gasteiger partial charge in [0.05, 0.1) is 6.20 Å². The predicted octanol–water partition coefficient (Wildman–Crippen LogP) is 0.792. The first-order valence-electron chi connectivity index (χ1n) is 5.55. The Morgan fingerprint density at radius 2 is 2.50 bits per heavy atom. The second-order valence-corrected chi connectivity index (χ2v) is 4.44. The summed E-state index contributed by atoms with van der Waals surface area (Å²) in [5.74, 6) is 0.995. The van der Waals surface area contributed by atoms with Crippen LogP contribution in [-0.2, 0) is 0 Å². The SMILES string of the molecule is Cc1oncc1C(=O)N1CC(CN)CC1C. The maximum Gasteiger partial charge on any atom is 0.259 e. The minimum atomic E-state index is 0.00204. The van der Waals surface area contributed by atoms with Gasteiger partial charge in [0.1, 0.15) is 11.3 Å². The zero-order chi connectivity index (χ0) is 11.7. The van der Waals surface area contributed by atoms with Gasteiger partial charge in [0.15, 0.2) is 0 Å². The molecule has 5 heteroatoms. The van der Waals surface area contributed by atoms with E-state index in [1.54, 1.807) is 6.92 Å². The van der Waals surface area contributed by atoms with Crippen molar-refractivity contribution in [2.75, 3.05) is 13.1 Å². The van der Waals surface area contributed by atoms with Gasteiger partial charge in [0, 0.05) is 12.6 Å². The van der Waals surface area contributed by atoms with E-state index in [0.717, 1.165) is 13.0 Å². The molecule has 1 aromatic rings. The van der Waals surface area contributed by atoms with Crippen LogP contribution >= 0.6 is 0 Å². The molecule has 5 nitrogen and oxygen atoms in total. The fourth-order valence-electron chi connectivity index (χ4n) is 2.25. The molecule has 0 spiro atoms. The standard InChI is InChI=1S/C11H17N3O2/c1-7-3-9(4-12)6-14(7)11(15)10-5-13-16-8(10)2/h5,7,9H,3-4,6,12H2,1-2H3. The molecule has 2 atom stereocenters. The molecule has 2 N–H and O–H groups in total. The van der Waals surface area contributed by atoms with E-state index < -0.39 is 0 Å². The largest absolute Gasteiger partial charge is 0.361 e. The highest BCUT2D eigenvalue weighted by molar-refractivity contribution is 5.95. The smallest absolute Gasteiger partial charge is 0.259 e. The number of carbonyl (C=O) groups excluding carboxylic acids is 1. The number of rotatable bonds is 2. The third-order valence-corrected chi connectivity index (χ3v) is 3.24. The summed E-state index contributed by atoms with van der Waals surface area (Å²) in [6, 6.07) is 0.246. The van der Waals surface area contributed by atoms with Gasteiger partial charge in [0.25, 0.3) is 5.91 Å². The summed E-state index contributed by atoms with van der Waals surface area (Å²) in [4.78, 5) is 14.0. The summed E-state index contributed by atoms with van der Waals surface area (Å²) in [6.45, 7) is 5.18. The van der Waals surface area contributed by atoms with Gasteiger partial charge in [-0.3, -0.25) is 4.79 Å². The van der Waals surface area contributed by atoms with Crippen molar-refractivity contribution in [3.05, 3.63) is 17.5 Å². The van der Waals surface area contributed by atoms with E-state index in [1.807, 2.05) is 4.90 Å². The summed E-state index contributed by atoms with van der Waals surface area (Å²) >= 11 is 0. The van der Waals surface area contributed by atoms with Crippen molar-refractivity contribution in [2.24, 2.45) is 11.7 Å². The zero-order valence-electron chi connectivity index (χ0n) is 9.64. The molecule has 88 valence electrons. The summed E-state index contributed by atoms with van der Waals surface area (Å²) in [5.41, 5.74) is 6.20. The first-order chi connectivity index (χ1) is 7.63. The van der Waals surface area contributed by atoms with Crippen LogP contribution in [0.4, 0.5) is 0 Å². The van der Waals surface area contributed by atoms with E-state index in [0.29, 0.717) is 23.8 Å². The van der Waals surface area contributed by atoms with Crippen LogP contribution in [0.2, 0.25) is 0 Å². The average Bonchev–Trinajstić information content (AvgIpc) is 2.83.